The molecule has 6 rings (SSSR count). The molecule has 244 valence electrons. The molecular formula is C39H33BrCl2N2O4. The molecule has 0 spiro atoms. The van der Waals surface area contributed by atoms with Gasteiger partial charge in [-0.15, -0.1) is 0 Å². The molecule has 1 aliphatic heterocycles. The van der Waals surface area contributed by atoms with Crippen LogP contribution in [-0.2, 0) is 22.5 Å². The SMILES string of the molecule is O=C(NCc1ccc(Cl)c(Cl)c1)[C@]1(Cc2ccc(Br)cc2)N=C(c2ccc(OCCCO)cc2)O[C@@H]1c1ccc(-c2ccccc2)cc1. The number of ether oxygens (including phenoxy) is 2. The minimum Gasteiger partial charge on any atom is -0.494 e. The van der Waals surface area contributed by atoms with Crippen molar-refractivity contribution in [3.05, 3.63) is 158 Å². The van der Waals surface area contributed by atoms with E-state index in [4.69, 9.17) is 42.8 Å². The third-order valence-electron chi connectivity index (χ3n) is 8.17. The highest BCUT2D eigenvalue weighted by atomic mass is 79.9. The molecule has 1 amide bonds. The lowest BCUT2D eigenvalue weighted by Gasteiger charge is -2.31. The minimum atomic E-state index is -1.36. The van der Waals surface area contributed by atoms with E-state index in [1.54, 1.807) is 12.1 Å². The fraction of sp³-hybridized carbons (Fsp3) is 0.179. The number of hydrogen-bond donors (Lipinski definition) is 2. The number of aliphatic hydroxyl groups is 1. The largest absolute Gasteiger partial charge is 0.494 e. The maximum atomic E-state index is 14.6. The number of benzene rings is 5. The van der Waals surface area contributed by atoms with E-state index in [0.717, 1.165) is 32.3 Å². The van der Waals surface area contributed by atoms with Crippen LogP contribution < -0.4 is 10.1 Å². The molecule has 0 fully saturated rings. The Morgan fingerprint density at radius 2 is 1.50 bits per heavy atom. The predicted octanol–water partition coefficient (Wildman–Crippen LogP) is 9.00. The fourth-order valence-corrected chi connectivity index (χ4v) is 6.25. The zero-order valence-corrected chi connectivity index (χ0v) is 29.0. The van der Waals surface area contributed by atoms with E-state index in [9.17, 15) is 4.79 Å². The smallest absolute Gasteiger partial charge is 0.252 e. The first kappa shape index (κ1) is 33.7. The summed E-state index contributed by atoms with van der Waals surface area (Å²) in [5.74, 6) is 0.739. The average Bonchev–Trinajstić information content (AvgIpc) is 3.51. The van der Waals surface area contributed by atoms with E-state index in [2.05, 4.69) is 33.4 Å². The van der Waals surface area contributed by atoms with Crippen molar-refractivity contribution in [2.24, 2.45) is 4.99 Å². The van der Waals surface area contributed by atoms with E-state index in [-0.39, 0.29) is 25.5 Å². The normalized spacial score (nSPS) is 17.0. The van der Waals surface area contributed by atoms with Gasteiger partial charge in [0.05, 0.1) is 16.7 Å². The molecule has 1 aliphatic rings. The molecule has 5 aromatic rings. The lowest BCUT2D eigenvalue weighted by molar-refractivity contribution is -0.129. The molecule has 48 heavy (non-hydrogen) atoms. The summed E-state index contributed by atoms with van der Waals surface area (Å²) in [5.41, 5.74) is 4.05. The summed E-state index contributed by atoms with van der Waals surface area (Å²) in [6, 6.07) is 38.8. The van der Waals surface area contributed by atoms with Gasteiger partial charge in [-0.05, 0) is 76.3 Å². The maximum absolute atomic E-state index is 14.6. The number of nitrogens with one attached hydrogen (secondary N) is 1. The summed E-state index contributed by atoms with van der Waals surface area (Å²) in [4.78, 5) is 19.8. The molecule has 0 unspecified atom stereocenters. The Kier molecular flexibility index (Phi) is 10.8. The number of carbonyl (C=O) groups excluding carboxylic acids is 1. The quantitative estimate of drug-likeness (QED) is 0.125. The van der Waals surface area contributed by atoms with Crippen LogP contribution >= 0.6 is 39.1 Å². The summed E-state index contributed by atoms with van der Waals surface area (Å²) in [5, 5.41) is 13.1. The fourth-order valence-electron chi connectivity index (χ4n) is 5.66. The average molecular weight is 745 g/mol. The molecule has 0 aromatic heterocycles. The number of aliphatic imine (C=N–C) groups is 1. The van der Waals surface area contributed by atoms with E-state index < -0.39 is 11.6 Å². The van der Waals surface area contributed by atoms with Gasteiger partial charge in [-0.2, -0.15) is 0 Å². The summed E-state index contributed by atoms with van der Waals surface area (Å²) < 4.78 is 13.4. The lowest BCUT2D eigenvalue weighted by Crippen LogP contribution is -2.49. The van der Waals surface area contributed by atoms with Crippen molar-refractivity contribution in [3.8, 4) is 16.9 Å². The summed E-state index contributed by atoms with van der Waals surface area (Å²) >= 11 is 16.0. The molecule has 5 aromatic carbocycles. The second kappa shape index (κ2) is 15.4. The van der Waals surface area contributed by atoms with Gasteiger partial charge in [0.2, 0.25) is 5.90 Å². The number of carbonyl (C=O) groups is 1. The number of nitrogens with zero attached hydrogens (tertiary/aromatic N) is 1. The Balaban J connectivity index is 1.40. The number of rotatable bonds is 12. The topological polar surface area (TPSA) is 80.2 Å². The van der Waals surface area contributed by atoms with Gasteiger partial charge in [-0.3, -0.25) is 4.79 Å². The van der Waals surface area contributed by atoms with Crippen LogP contribution in [0.3, 0.4) is 0 Å². The van der Waals surface area contributed by atoms with Crippen molar-refractivity contribution < 1.29 is 19.4 Å². The van der Waals surface area contributed by atoms with Crippen LogP contribution in [0.15, 0.2) is 131 Å². The van der Waals surface area contributed by atoms with Crippen molar-refractivity contribution in [2.45, 2.75) is 31.0 Å². The second-order valence-electron chi connectivity index (χ2n) is 11.5. The van der Waals surface area contributed by atoms with Gasteiger partial charge in [-0.25, -0.2) is 4.99 Å². The van der Waals surface area contributed by atoms with Crippen molar-refractivity contribution >= 4 is 50.9 Å². The molecule has 0 radical (unpaired) electrons. The van der Waals surface area contributed by atoms with Gasteiger partial charge in [0, 0.05) is 36.0 Å². The van der Waals surface area contributed by atoms with Crippen LogP contribution in [0.5, 0.6) is 5.75 Å². The number of amides is 1. The van der Waals surface area contributed by atoms with Crippen molar-refractivity contribution in [2.75, 3.05) is 13.2 Å². The standard InChI is InChI=1S/C39H33BrCl2N2O4/c40-32-16-7-26(8-17-32)24-39(38(46)43-25-27-9-20-34(41)35(42)23-27)36(30-12-10-29(11-13-30)28-5-2-1-3-6-28)48-37(44-39)31-14-18-33(19-15-31)47-22-4-21-45/h1-3,5-20,23,36,45H,4,21-22,24-25H2,(H,43,46)/t36-,39-/m1/s1. The number of halogens is 3. The van der Waals surface area contributed by atoms with Crippen molar-refractivity contribution in [3.63, 3.8) is 0 Å². The summed E-state index contributed by atoms with van der Waals surface area (Å²) in [7, 11) is 0. The van der Waals surface area contributed by atoms with Crippen LogP contribution in [0.2, 0.25) is 10.0 Å². The maximum Gasteiger partial charge on any atom is 0.252 e. The molecule has 2 atom stereocenters. The molecule has 9 heteroatoms. The van der Waals surface area contributed by atoms with Crippen molar-refractivity contribution in [1.82, 2.24) is 5.32 Å². The number of hydrogen-bond acceptors (Lipinski definition) is 5. The molecule has 6 nitrogen and oxygen atoms in total. The van der Waals surface area contributed by atoms with Gasteiger partial charge in [-0.1, -0.05) is 112 Å². The Hall–Kier alpha value is -4.14. The summed E-state index contributed by atoms with van der Waals surface area (Å²) in [6.45, 7) is 0.690. The van der Waals surface area contributed by atoms with E-state index in [0.29, 0.717) is 40.3 Å². The van der Waals surface area contributed by atoms with Gasteiger partial charge in [0.15, 0.2) is 11.6 Å². The third kappa shape index (κ3) is 7.77. The predicted molar refractivity (Wildman–Crippen MR) is 195 cm³/mol. The molecular weight excluding hydrogens is 711 g/mol. The van der Waals surface area contributed by atoms with Gasteiger partial charge in [0.25, 0.3) is 5.91 Å². The first-order valence-corrected chi connectivity index (χ1v) is 17.1. The van der Waals surface area contributed by atoms with Crippen molar-refractivity contribution in [1.29, 1.82) is 0 Å². The molecule has 0 bridgehead atoms. The van der Waals surface area contributed by atoms with Crippen LogP contribution in [0.4, 0.5) is 0 Å². The number of aliphatic hydroxyl groups excluding tert-OH is 1. The van der Waals surface area contributed by atoms with E-state index >= 15 is 0 Å². The first-order chi connectivity index (χ1) is 23.3. The van der Waals surface area contributed by atoms with Crippen LogP contribution in [0.25, 0.3) is 11.1 Å². The Labute approximate surface area is 298 Å². The molecule has 0 saturated carbocycles. The third-order valence-corrected chi connectivity index (χ3v) is 9.44. The monoisotopic (exact) mass is 742 g/mol. The molecule has 0 aliphatic carbocycles. The zero-order valence-electron chi connectivity index (χ0n) is 25.9. The van der Waals surface area contributed by atoms with E-state index in [1.807, 2.05) is 97.1 Å². The first-order valence-electron chi connectivity index (χ1n) is 15.6. The Morgan fingerprint density at radius 3 is 2.19 bits per heavy atom. The van der Waals surface area contributed by atoms with Gasteiger partial charge >= 0.3 is 0 Å². The lowest BCUT2D eigenvalue weighted by atomic mass is 9.81. The highest BCUT2D eigenvalue weighted by Crippen LogP contribution is 2.43. The highest BCUT2D eigenvalue weighted by molar-refractivity contribution is 9.10. The van der Waals surface area contributed by atoms with Crippen LogP contribution in [0, 0.1) is 0 Å². The van der Waals surface area contributed by atoms with Gasteiger partial charge in [0.1, 0.15) is 5.75 Å². The van der Waals surface area contributed by atoms with Crippen LogP contribution in [0.1, 0.15) is 34.8 Å². The molecule has 0 saturated heterocycles. The molecule has 2 N–H and O–H groups in total. The van der Waals surface area contributed by atoms with Crippen LogP contribution in [-0.4, -0.2) is 35.7 Å². The van der Waals surface area contributed by atoms with E-state index in [1.165, 1.54) is 0 Å². The summed E-state index contributed by atoms with van der Waals surface area (Å²) in [6.07, 6.45) is 0.0816. The van der Waals surface area contributed by atoms with Gasteiger partial charge < -0.3 is 19.9 Å². The zero-order chi connectivity index (χ0) is 33.5. The molecule has 1 heterocycles. The second-order valence-corrected chi connectivity index (χ2v) is 13.2. The Bertz CT molecular complexity index is 1890. The minimum absolute atomic E-state index is 0.0595. The highest BCUT2D eigenvalue weighted by Gasteiger charge is 2.53. The Morgan fingerprint density at radius 1 is 0.833 bits per heavy atom.